The van der Waals surface area contributed by atoms with Gasteiger partial charge in [-0.1, -0.05) is 12.1 Å². The molecule has 0 bridgehead atoms. The molecule has 3 saturated heterocycles. The Morgan fingerprint density at radius 1 is 0.967 bits per heavy atom. The molecule has 3 fully saturated rings. The van der Waals surface area contributed by atoms with E-state index < -0.39 is 0 Å². The number of piperidine rings is 1. The van der Waals surface area contributed by atoms with Crippen molar-refractivity contribution in [2.45, 2.75) is 44.4 Å². The molecular formula is C22H31FN4O3. The minimum Gasteiger partial charge on any atom is -0.368 e. The van der Waals surface area contributed by atoms with Crippen LogP contribution in [0, 0.1) is 5.82 Å². The number of rotatable bonds is 4. The van der Waals surface area contributed by atoms with Crippen molar-refractivity contribution in [1.82, 2.24) is 20.0 Å². The Hall–Kier alpha value is -2.19. The number of carbonyl (C=O) groups excluding carboxylic acids is 2. The van der Waals surface area contributed by atoms with Gasteiger partial charge in [0.2, 0.25) is 0 Å². The molecule has 1 unspecified atom stereocenters. The van der Waals surface area contributed by atoms with E-state index in [1.807, 2.05) is 21.9 Å². The Bertz CT molecular complexity index is 722. The smallest absolute Gasteiger partial charge is 0.317 e. The second-order valence-electron chi connectivity index (χ2n) is 8.44. The summed E-state index contributed by atoms with van der Waals surface area (Å²) in [5, 5.41) is 3.16. The number of nitrogens with zero attached hydrogens (tertiary/aromatic N) is 3. The average Bonchev–Trinajstić information content (AvgIpc) is 3.31. The van der Waals surface area contributed by atoms with E-state index in [0.29, 0.717) is 32.8 Å². The number of ether oxygens (including phenoxy) is 1. The van der Waals surface area contributed by atoms with Crippen LogP contribution in [0.1, 0.15) is 31.2 Å². The van der Waals surface area contributed by atoms with Crippen LogP contribution in [0.2, 0.25) is 0 Å². The molecule has 4 rings (SSSR count). The topological polar surface area (TPSA) is 65.1 Å². The highest BCUT2D eigenvalue weighted by molar-refractivity contribution is 5.81. The van der Waals surface area contributed by atoms with Crippen LogP contribution >= 0.6 is 0 Å². The van der Waals surface area contributed by atoms with Crippen molar-refractivity contribution in [2.24, 2.45) is 0 Å². The van der Waals surface area contributed by atoms with Gasteiger partial charge in [0, 0.05) is 58.5 Å². The second kappa shape index (κ2) is 9.75. The molecule has 3 heterocycles. The molecule has 1 atom stereocenters. The number of nitrogens with one attached hydrogen (secondary N) is 1. The zero-order valence-electron chi connectivity index (χ0n) is 17.4. The third-order valence-electron chi connectivity index (χ3n) is 6.32. The maximum Gasteiger partial charge on any atom is 0.317 e. The molecule has 1 N–H and O–H groups in total. The number of piperazine rings is 1. The number of hydrogen-bond donors (Lipinski definition) is 1. The lowest BCUT2D eigenvalue weighted by atomic mass is 10.0. The summed E-state index contributed by atoms with van der Waals surface area (Å²) in [6.45, 7) is 5.56. The number of likely N-dealkylation sites (tertiary alicyclic amines) is 1. The molecule has 7 nitrogen and oxygen atoms in total. The van der Waals surface area contributed by atoms with Crippen LogP contribution in [-0.4, -0.2) is 84.7 Å². The number of amides is 3. The van der Waals surface area contributed by atoms with Crippen molar-refractivity contribution < 1.29 is 18.7 Å². The van der Waals surface area contributed by atoms with Gasteiger partial charge in [-0.3, -0.25) is 9.69 Å². The lowest BCUT2D eigenvalue weighted by Gasteiger charge is -2.37. The van der Waals surface area contributed by atoms with E-state index in [0.717, 1.165) is 50.9 Å². The van der Waals surface area contributed by atoms with Crippen molar-refractivity contribution >= 4 is 11.9 Å². The minimum atomic E-state index is -0.287. The van der Waals surface area contributed by atoms with Crippen LogP contribution in [-0.2, 0) is 16.1 Å². The first-order valence-corrected chi connectivity index (χ1v) is 11.0. The number of carbonyl (C=O) groups is 2. The molecule has 0 aromatic heterocycles. The molecule has 1 aromatic carbocycles. The Morgan fingerprint density at radius 2 is 1.63 bits per heavy atom. The largest absolute Gasteiger partial charge is 0.368 e. The highest BCUT2D eigenvalue weighted by Crippen LogP contribution is 2.17. The predicted molar refractivity (Wildman–Crippen MR) is 110 cm³/mol. The van der Waals surface area contributed by atoms with Gasteiger partial charge in [0.1, 0.15) is 11.9 Å². The average molecular weight is 419 g/mol. The Labute approximate surface area is 177 Å². The molecular weight excluding hydrogens is 387 g/mol. The number of hydrogen-bond acceptors (Lipinski definition) is 4. The first-order valence-electron chi connectivity index (χ1n) is 11.0. The van der Waals surface area contributed by atoms with E-state index in [4.69, 9.17) is 4.74 Å². The first kappa shape index (κ1) is 21.1. The van der Waals surface area contributed by atoms with E-state index >= 15 is 0 Å². The second-order valence-corrected chi connectivity index (χ2v) is 8.44. The first-order chi connectivity index (χ1) is 14.6. The fourth-order valence-electron chi connectivity index (χ4n) is 4.46. The molecule has 8 heteroatoms. The highest BCUT2D eigenvalue weighted by Gasteiger charge is 2.32. The van der Waals surface area contributed by atoms with Gasteiger partial charge in [-0.2, -0.15) is 0 Å². The summed E-state index contributed by atoms with van der Waals surface area (Å²) >= 11 is 0. The summed E-state index contributed by atoms with van der Waals surface area (Å²) in [4.78, 5) is 31.0. The van der Waals surface area contributed by atoms with Crippen LogP contribution in [0.25, 0.3) is 0 Å². The number of benzene rings is 1. The Balaban J connectivity index is 1.16. The van der Waals surface area contributed by atoms with E-state index in [-0.39, 0.29) is 29.9 Å². The summed E-state index contributed by atoms with van der Waals surface area (Å²) in [5.41, 5.74) is 1.11. The summed E-state index contributed by atoms with van der Waals surface area (Å²) in [7, 11) is 0. The SMILES string of the molecule is O=C(NC1CCN(Cc2ccc(F)cc2)CC1)N1CCN(C(=O)C2CCCO2)CC1. The predicted octanol–water partition coefficient (Wildman–Crippen LogP) is 1.82. The normalized spacial score (nSPS) is 23.6. The standard InChI is InChI=1S/C22H31FN4O3/c23-18-5-3-17(4-6-18)16-25-9-7-19(8-10-25)24-22(29)27-13-11-26(12-14-27)21(28)20-2-1-15-30-20/h3-6,19-20H,1-2,7-16H2,(H,24,29). The summed E-state index contributed by atoms with van der Waals surface area (Å²) < 4.78 is 18.5. The van der Waals surface area contributed by atoms with Crippen molar-refractivity contribution in [3.63, 3.8) is 0 Å². The summed E-state index contributed by atoms with van der Waals surface area (Å²) in [6.07, 6.45) is 3.28. The molecule has 3 amide bonds. The van der Waals surface area contributed by atoms with Crippen LogP contribution in [0.4, 0.5) is 9.18 Å². The van der Waals surface area contributed by atoms with Crippen LogP contribution in [0.5, 0.6) is 0 Å². The maximum absolute atomic E-state index is 13.0. The zero-order chi connectivity index (χ0) is 20.9. The van der Waals surface area contributed by atoms with Gasteiger partial charge >= 0.3 is 6.03 Å². The fraction of sp³-hybridized carbons (Fsp3) is 0.636. The van der Waals surface area contributed by atoms with Crippen LogP contribution < -0.4 is 5.32 Å². The van der Waals surface area contributed by atoms with Gasteiger partial charge in [0.15, 0.2) is 0 Å². The van der Waals surface area contributed by atoms with Gasteiger partial charge in [-0.05, 0) is 43.4 Å². The third-order valence-corrected chi connectivity index (χ3v) is 6.32. The van der Waals surface area contributed by atoms with Crippen molar-refractivity contribution in [2.75, 3.05) is 45.9 Å². The number of halogens is 1. The van der Waals surface area contributed by atoms with E-state index in [2.05, 4.69) is 10.2 Å². The lowest BCUT2D eigenvalue weighted by molar-refractivity contribution is -0.142. The molecule has 0 saturated carbocycles. The summed E-state index contributed by atoms with van der Waals surface area (Å²) in [6, 6.07) is 6.79. The van der Waals surface area contributed by atoms with E-state index in [1.165, 1.54) is 12.1 Å². The molecule has 3 aliphatic rings. The number of urea groups is 1. The van der Waals surface area contributed by atoms with Crippen molar-refractivity contribution in [3.05, 3.63) is 35.6 Å². The fourth-order valence-corrected chi connectivity index (χ4v) is 4.46. The molecule has 0 spiro atoms. The highest BCUT2D eigenvalue weighted by atomic mass is 19.1. The third kappa shape index (κ3) is 5.29. The van der Waals surface area contributed by atoms with Crippen molar-refractivity contribution in [3.8, 4) is 0 Å². The quantitative estimate of drug-likeness (QED) is 0.810. The summed E-state index contributed by atoms with van der Waals surface area (Å²) in [5.74, 6) is -0.140. The molecule has 3 aliphatic heterocycles. The molecule has 30 heavy (non-hydrogen) atoms. The van der Waals surface area contributed by atoms with Gasteiger partial charge in [-0.25, -0.2) is 9.18 Å². The lowest BCUT2D eigenvalue weighted by Crippen LogP contribution is -2.56. The molecule has 164 valence electrons. The Morgan fingerprint density at radius 3 is 2.27 bits per heavy atom. The van der Waals surface area contributed by atoms with E-state index in [1.54, 1.807) is 0 Å². The van der Waals surface area contributed by atoms with Gasteiger partial charge in [0.25, 0.3) is 5.91 Å². The van der Waals surface area contributed by atoms with Gasteiger partial charge < -0.3 is 19.9 Å². The van der Waals surface area contributed by atoms with Gasteiger partial charge in [-0.15, -0.1) is 0 Å². The maximum atomic E-state index is 13.0. The molecule has 0 radical (unpaired) electrons. The Kier molecular flexibility index (Phi) is 6.84. The van der Waals surface area contributed by atoms with Crippen LogP contribution in [0.15, 0.2) is 24.3 Å². The minimum absolute atomic E-state index is 0.0313. The molecule has 0 aliphatic carbocycles. The van der Waals surface area contributed by atoms with Crippen LogP contribution in [0.3, 0.4) is 0 Å². The zero-order valence-corrected chi connectivity index (χ0v) is 17.4. The van der Waals surface area contributed by atoms with Crippen molar-refractivity contribution in [1.29, 1.82) is 0 Å². The van der Waals surface area contributed by atoms with E-state index in [9.17, 15) is 14.0 Å². The monoisotopic (exact) mass is 418 g/mol. The van der Waals surface area contributed by atoms with Gasteiger partial charge in [0.05, 0.1) is 0 Å². The molecule has 1 aromatic rings.